The molecule has 1 unspecified atom stereocenters. The molecule has 0 spiro atoms. The molecule has 0 N–H and O–H groups in total. The number of piperidine rings is 1. The van der Waals surface area contributed by atoms with Crippen LogP contribution in [-0.2, 0) is 4.74 Å². The standard InChI is InChI=1S/C33H41N7O4/c1-23(37-21-28(34-22-37)27-18-31(42)39-15-6-5-12-29(39)35-27)38-16-13-25(17-30(38)41)36-14-8-11-26(20-36)40(19-24-9-7-10-24)32(43)44-33(2,3)4/h5-6,12-13,15-18,21-24,26H,7-11,14,19-20H2,1-4H3/t23?,26-/m1/s1. The lowest BCUT2D eigenvalue weighted by atomic mass is 9.84. The molecule has 11 nitrogen and oxygen atoms in total. The van der Waals surface area contributed by atoms with Crippen molar-refractivity contribution in [1.82, 2.24) is 28.4 Å². The average Bonchev–Trinajstić information content (AvgIpc) is 3.46. The van der Waals surface area contributed by atoms with Crippen molar-refractivity contribution < 1.29 is 9.53 Å². The zero-order valence-corrected chi connectivity index (χ0v) is 25.9. The van der Waals surface area contributed by atoms with Gasteiger partial charge in [0.15, 0.2) is 0 Å². The van der Waals surface area contributed by atoms with E-state index in [0.29, 0.717) is 29.5 Å². The highest BCUT2D eigenvalue weighted by Crippen LogP contribution is 2.31. The van der Waals surface area contributed by atoms with E-state index in [-0.39, 0.29) is 29.4 Å². The Hall–Kier alpha value is -4.41. The number of rotatable bonds is 7. The Labute approximate surface area is 256 Å². The number of amides is 1. The van der Waals surface area contributed by atoms with Crippen LogP contribution in [0.15, 0.2) is 70.9 Å². The zero-order valence-electron chi connectivity index (χ0n) is 25.9. The molecule has 44 heavy (non-hydrogen) atoms. The van der Waals surface area contributed by atoms with Crippen molar-refractivity contribution in [2.75, 3.05) is 24.5 Å². The van der Waals surface area contributed by atoms with E-state index in [1.54, 1.807) is 41.5 Å². The van der Waals surface area contributed by atoms with E-state index in [0.717, 1.165) is 44.5 Å². The van der Waals surface area contributed by atoms with Gasteiger partial charge >= 0.3 is 6.09 Å². The molecule has 1 amide bonds. The van der Waals surface area contributed by atoms with Crippen molar-refractivity contribution in [2.24, 2.45) is 5.92 Å². The SMILES string of the molecule is CC(n1cnc(-c2cc(=O)n3ccccc3n2)c1)n1ccc(N2CCC[C@@H](N(CC3CCC3)C(=O)OC(C)(C)C)C2)cc1=O. The third-order valence-electron chi connectivity index (χ3n) is 8.71. The molecule has 232 valence electrons. The predicted molar refractivity (Wildman–Crippen MR) is 169 cm³/mol. The second-order valence-electron chi connectivity index (χ2n) is 13.0. The van der Waals surface area contributed by atoms with Gasteiger partial charge in [-0.2, -0.15) is 0 Å². The average molecular weight is 600 g/mol. The van der Waals surface area contributed by atoms with Gasteiger partial charge in [-0.3, -0.25) is 18.6 Å². The molecule has 11 heteroatoms. The maximum absolute atomic E-state index is 13.4. The van der Waals surface area contributed by atoms with Crippen molar-refractivity contribution in [2.45, 2.75) is 77.6 Å². The van der Waals surface area contributed by atoms with Gasteiger partial charge in [0.05, 0.1) is 18.1 Å². The molecule has 4 aromatic rings. The number of imidazole rings is 1. The first kappa shape index (κ1) is 29.7. The molecule has 1 aliphatic carbocycles. The highest BCUT2D eigenvalue weighted by atomic mass is 16.6. The molecule has 0 aromatic carbocycles. The number of carbonyl (C=O) groups is 1. The van der Waals surface area contributed by atoms with Gasteiger partial charge in [-0.25, -0.2) is 14.8 Å². The number of pyridine rings is 2. The topological polar surface area (TPSA) is 107 Å². The third kappa shape index (κ3) is 6.27. The first-order valence-corrected chi connectivity index (χ1v) is 15.5. The van der Waals surface area contributed by atoms with Crippen LogP contribution < -0.4 is 16.0 Å². The van der Waals surface area contributed by atoms with Crippen molar-refractivity contribution in [3.05, 3.63) is 82.0 Å². The Kier molecular flexibility index (Phi) is 8.04. The quantitative estimate of drug-likeness (QED) is 0.301. The number of carbonyl (C=O) groups excluding carboxylic acids is 1. The molecule has 4 aromatic heterocycles. The smallest absolute Gasteiger partial charge is 0.410 e. The summed E-state index contributed by atoms with van der Waals surface area (Å²) in [6.07, 6.45) is 11.7. The molecule has 5 heterocycles. The molecule has 2 atom stereocenters. The first-order chi connectivity index (χ1) is 21.1. The Balaban J connectivity index is 1.18. The van der Waals surface area contributed by atoms with Gasteiger partial charge in [0.2, 0.25) is 0 Å². The molecule has 6 rings (SSSR count). The lowest BCUT2D eigenvalue weighted by Crippen LogP contribution is -2.53. The van der Waals surface area contributed by atoms with Crippen molar-refractivity contribution in [3.8, 4) is 11.4 Å². The molecule has 1 aliphatic heterocycles. The van der Waals surface area contributed by atoms with E-state index in [9.17, 15) is 14.4 Å². The first-order valence-electron chi connectivity index (χ1n) is 15.5. The van der Waals surface area contributed by atoms with Crippen LogP contribution in [0.3, 0.4) is 0 Å². The maximum atomic E-state index is 13.4. The third-order valence-corrected chi connectivity index (χ3v) is 8.71. The molecule has 1 saturated carbocycles. The lowest BCUT2D eigenvalue weighted by Gasteiger charge is -2.43. The fourth-order valence-electron chi connectivity index (χ4n) is 6.08. The minimum Gasteiger partial charge on any atom is -0.444 e. The fraction of sp³-hybridized carbons (Fsp3) is 0.485. The van der Waals surface area contributed by atoms with Crippen LogP contribution in [-0.4, -0.2) is 65.8 Å². The van der Waals surface area contributed by atoms with E-state index in [2.05, 4.69) is 14.9 Å². The van der Waals surface area contributed by atoms with Crippen molar-refractivity contribution in [1.29, 1.82) is 0 Å². The van der Waals surface area contributed by atoms with Gasteiger partial charge in [-0.05, 0) is 77.5 Å². The summed E-state index contributed by atoms with van der Waals surface area (Å²) in [6, 6.07) is 10.5. The summed E-state index contributed by atoms with van der Waals surface area (Å²) in [7, 11) is 0. The van der Waals surface area contributed by atoms with Gasteiger partial charge in [0.25, 0.3) is 11.1 Å². The number of hydrogen-bond donors (Lipinski definition) is 0. The fourth-order valence-corrected chi connectivity index (χ4v) is 6.08. The van der Waals surface area contributed by atoms with E-state index in [1.165, 1.54) is 16.9 Å². The summed E-state index contributed by atoms with van der Waals surface area (Å²) in [5.41, 5.74) is 1.56. The second-order valence-corrected chi connectivity index (χ2v) is 13.0. The van der Waals surface area contributed by atoms with Crippen molar-refractivity contribution in [3.63, 3.8) is 0 Å². The van der Waals surface area contributed by atoms with Crippen LogP contribution in [0.25, 0.3) is 17.0 Å². The molecule has 2 fully saturated rings. The van der Waals surface area contributed by atoms with Crippen LogP contribution in [0.5, 0.6) is 0 Å². The van der Waals surface area contributed by atoms with Crippen LogP contribution >= 0.6 is 0 Å². The Bertz CT molecular complexity index is 1760. The number of anilines is 1. The van der Waals surface area contributed by atoms with Gasteiger partial charge in [-0.1, -0.05) is 12.5 Å². The highest BCUT2D eigenvalue weighted by Gasteiger charge is 2.34. The second kappa shape index (κ2) is 11.9. The highest BCUT2D eigenvalue weighted by molar-refractivity contribution is 5.69. The largest absolute Gasteiger partial charge is 0.444 e. The molecular formula is C33H41N7O4. The van der Waals surface area contributed by atoms with Gasteiger partial charge in [-0.15, -0.1) is 0 Å². The van der Waals surface area contributed by atoms with E-state index in [1.807, 2.05) is 55.5 Å². The summed E-state index contributed by atoms with van der Waals surface area (Å²) in [4.78, 5) is 52.4. The van der Waals surface area contributed by atoms with E-state index < -0.39 is 5.60 Å². The van der Waals surface area contributed by atoms with Crippen LogP contribution in [0.2, 0.25) is 0 Å². The predicted octanol–water partition coefficient (Wildman–Crippen LogP) is 4.79. The van der Waals surface area contributed by atoms with Gasteiger partial charge in [0.1, 0.15) is 23.1 Å². The van der Waals surface area contributed by atoms with Gasteiger partial charge in [0, 0.05) is 56.0 Å². The Morgan fingerprint density at radius 3 is 2.59 bits per heavy atom. The van der Waals surface area contributed by atoms with E-state index >= 15 is 0 Å². The lowest BCUT2D eigenvalue weighted by molar-refractivity contribution is 0.00736. The van der Waals surface area contributed by atoms with E-state index in [4.69, 9.17) is 4.74 Å². The van der Waals surface area contributed by atoms with Crippen LogP contribution in [0, 0.1) is 5.92 Å². The number of ether oxygens (including phenoxy) is 1. The Morgan fingerprint density at radius 2 is 1.86 bits per heavy atom. The monoisotopic (exact) mass is 599 g/mol. The minimum absolute atomic E-state index is 0.0293. The Morgan fingerprint density at radius 1 is 1.05 bits per heavy atom. The summed E-state index contributed by atoms with van der Waals surface area (Å²) in [6.45, 7) is 9.85. The summed E-state index contributed by atoms with van der Waals surface area (Å²) >= 11 is 0. The number of nitrogens with zero attached hydrogens (tertiary/aromatic N) is 7. The number of fused-ring (bicyclic) bond motifs is 1. The summed E-state index contributed by atoms with van der Waals surface area (Å²) < 4.78 is 10.8. The molecule has 0 radical (unpaired) electrons. The van der Waals surface area contributed by atoms with Crippen LogP contribution in [0.4, 0.5) is 10.5 Å². The molecular weight excluding hydrogens is 558 g/mol. The molecule has 0 bridgehead atoms. The maximum Gasteiger partial charge on any atom is 0.410 e. The number of aromatic nitrogens is 5. The van der Waals surface area contributed by atoms with Crippen molar-refractivity contribution >= 4 is 17.4 Å². The zero-order chi connectivity index (χ0) is 31.0. The number of hydrogen-bond acceptors (Lipinski definition) is 7. The summed E-state index contributed by atoms with van der Waals surface area (Å²) in [5.74, 6) is 0.533. The van der Waals surface area contributed by atoms with Crippen LogP contribution in [0.1, 0.15) is 66.0 Å². The molecule has 2 aliphatic rings. The normalized spacial score (nSPS) is 18.2. The summed E-state index contributed by atoms with van der Waals surface area (Å²) in [5, 5.41) is 0. The van der Waals surface area contributed by atoms with Gasteiger partial charge < -0.3 is 19.1 Å². The minimum atomic E-state index is -0.551. The molecule has 1 saturated heterocycles.